The predicted molar refractivity (Wildman–Crippen MR) is 82.7 cm³/mol. The minimum atomic E-state index is -0.190. The fourth-order valence-electron chi connectivity index (χ4n) is 3.16. The van der Waals surface area contributed by atoms with Crippen LogP contribution < -0.4 is 11.1 Å². The van der Waals surface area contributed by atoms with Gasteiger partial charge >= 0.3 is 0 Å². The Labute approximate surface area is 119 Å². The lowest BCUT2D eigenvalue weighted by atomic mass is 9.82. The maximum atomic E-state index is 9.83. The van der Waals surface area contributed by atoms with Gasteiger partial charge in [0.2, 0.25) is 0 Å². The maximum Gasteiger partial charge on any atom is 0.0661 e. The zero-order chi connectivity index (χ0) is 14.0. The molecule has 4 heteroatoms. The van der Waals surface area contributed by atoms with E-state index >= 15 is 0 Å². The number of fused-ring (bicyclic) bond motifs is 1. The summed E-state index contributed by atoms with van der Waals surface area (Å²) < 4.78 is 0. The van der Waals surface area contributed by atoms with Crippen LogP contribution in [-0.4, -0.2) is 22.2 Å². The summed E-state index contributed by atoms with van der Waals surface area (Å²) in [6, 6.07) is 5.88. The van der Waals surface area contributed by atoms with Crippen molar-refractivity contribution in [2.75, 3.05) is 17.7 Å². The number of aliphatic hydroxyl groups is 1. The molecule has 0 unspecified atom stereocenters. The van der Waals surface area contributed by atoms with Gasteiger partial charge in [-0.2, -0.15) is 0 Å². The monoisotopic (exact) mass is 271 g/mol. The fraction of sp³-hybridized carbons (Fsp3) is 0.438. The van der Waals surface area contributed by atoms with Crippen molar-refractivity contribution in [3.8, 4) is 0 Å². The second kappa shape index (κ2) is 5.29. The zero-order valence-corrected chi connectivity index (χ0v) is 11.6. The van der Waals surface area contributed by atoms with E-state index in [0.717, 1.165) is 35.0 Å². The molecular formula is C16H21N3O. The predicted octanol–water partition coefficient (Wildman–Crippen LogP) is 2.92. The summed E-state index contributed by atoms with van der Waals surface area (Å²) in [6.07, 6.45) is 9.20. The second-order valence-corrected chi connectivity index (χ2v) is 5.75. The van der Waals surface area contributed by atoms with Gasteiger partial charge in [-0.15, -0.1) is 0 Å². The molecule has 0 aliphatic heterocycles. The van der Waals surface area contributed by atoms with Crippen LogP contribution in [0.1, 0.15) is 32.1 Å². The molecule has 0 atom stereocenters. The minimum absolute atomic E-state index is 0.171. The van der Waals surface area contributed by atoms with E-state index in [9.17, 15) is 5.11 Å². The summed E-state index contributed by atoms with van der Waals surface area (Å²) >= 11 is 0. The Morgan fingerprint density at radius 2 is 1.95 bits per heavy atom. The van der Waals surface area contributed by atoms with Crippen LogP contribution in [0, 0.1) is 0 Å². The minimum Gasteiger partial charge on any atom is -0.398 e. The first-order valence-corrected chi connectivity index (χ1v) is 7.25. The van der Waals surface area contributed by atoms with Crippen LogP contribution in [0.4, 0.5) is 11.4 Å². The average molecular weight is 271 g/mol. The van der Waals surface area contributed by atoms with Crippen LogP contribution >= 0.6 is 0 Å². The van der Waals surface area contributed by atoms with Crippen LogP contribution in [0.2, 0.25) is 0 Å². The first-order valence-electron chi connectivity index (χ1n) is 7.25. The lowest BCUT2D eigenvalue weighted by Crippen LogP contribution is -2.43. The Bertz CT molecular complexity index is 606. The SMILES string of the molecule is Nc1ccc(NC2(CO)CCCCC2)c2ccncc12. The van der Waals surface area contributed by atoms with Gasteiger partial charge in [0.05, 0.1) is 12.1 Å². The van der Waals surface area contributed by atoms with Gasteiger partial charge in [0.1, 0.15) is 0 Å². The summed E-state index contributed by atoms with van der Waals surface area (Å²) in [6.45, 7) is 0.171. The number of benzene rings is 1. The molecule has 1 aromatic carbocycles. The molecule has 4 N–H and O–H groups in total. The molecule has 0 bridgehead atoms. The van der Waals surface area contributed by atoms with E-state index in [-0.39, 0.29) is 12.1 Å². The Morgan fingerprint density at radius 1 is 1.15 bits per heavy atom. The Hall–Kier alpha value is -1.81. The molecule has 106 valence electrons. The van der Waals surface area contributed by atoms with Crippen molar-refractivity contribution < 1.29 is 5.11 Å². The highest BCUT2D eigenvalue weighted by molar-refractivity contribution is 6.00. The topological polar surface area (TPSA) is 71.2 Å². The van der Waals surface area contributed by atoms with Gasteiger partial charge in [-0.25, -0.2) is 0 Å². The molecule has 3 rings (SSSR count). The summed E-state index contributed by atoms with van der Waals surface area (Å²) in [5.74, 6) is 0. The molecule has 1 aliphatic carbocycles. The van der Waals surface area contributed by atoms with Crippen molar-refractivity contribution in [3.05, 3.63) is 30.6 Å². The zero-order valence-electron chi connectivity index (χ0n) is 11.6. The van der Waals surface area contributed by atoms with Crippen molar-refractivity contribution in [1.29, 1.82) is 0 Å². The van der Waals surface area contributed by atoms with Crippen molar-refractivity contribution in [3.63, 3.8) is 0 Å². The van der Waals surface area contributed by atoms with Crippen molar-refractivity contribution in [1.82, 2.24) is 4.98 Å². The lowest BCUT2D eigenvalue weighted by Gasteiger charge is -2.37. The Kier molecular flexibility index (Phi) is 3.49. The van der Waals surface area contributed by atoms with E-state index in [1.165, 1.54) is 19.3 Å². The Balaban J connectivity index is 2.00. The number of hydrogen-bond donors (Lipinski definition) is 3. The summed E-state index contributed by atoms with van der Waals surface area (Å²) in [5, 5.41) is 15.4. The third-order valence-corrected chi connectivity index (χ3v) is 4.36. The van der Waals surface area contributed by atoms with Crippen LogP contribution in [0.3, 0.4) is 0 Å². The molecule has 0 radical (unpaired) electrons. The van der Waals surface area contributed by atoms with E-state index < -0.39 is 0 Å². The average Bonchev–Trinajstić information content (AvgIpc) is 2.51. The standard InChI is InChI=1S/C16H21N3O/c17-14-4-5-15(12-6-9-18-10-13(12)14)19-16(11-20)7-2-1-3-8-16/h4-6,9-10,19-20H,1-3,7-8,11,17H2. The lowest BCUT2D eigenvalue weighted by molar-refractivity contribution is 0.173. The number of aromatic nitrogens is 1. The van der Waals surface area contributed by atoms with Gasteiger partial charge in [0.25, 0.3) is 0 Å². The molecule has 1 heterocycles. The smallest absolute Gasteiger partial charge is 0.0661 e. The molecule has 1 aliphatic rings. The van der Waals surface area contributed by atoms with Crippen LogP contribution in [0.5, 0.6) is 0 Å². The largest absolute Gasteiger partial charge is 0.398 e. The molecule has 1 aromatic heterocycles. The molecule has 0 amide bonds. The van der Waals surface area contributed by atoms with Gasteiger partial charge in [-0.05, 0) is 31.0 Å². The number of pyridine rings is 1. The van der Waals surface area contributed by atoms with Gasteiger partial charge in [-0.1, -0.05) is 19.3 Å². The molecule has 2 aromatic rings. The van der Waals surface area contributed by atoms with E-state index in [2.05, 4.69) is 10.3 Å². The molecule has 1 saturated carbocycles. The maximum absolute atomic E-state index is 9.83. The Morgan fingerprint density at radius 3 is 2.70 bits per heavy atom. The first-order chi connectivity index (χ1) is 9.74. The molecule has 1 fully saturated rings. The number of nitrogens with two attached hydrogens (primary N) is 1. The second-order valence-electron chi connectivity index (χ2n) is 5.75. The van der Waals surface area contributed by atoms with Crippen molar-refractivity contribution in [2.45, 2.75) is 37.6 Å². The third kappa shape index (κ3) is 2.31. The fourth-order valence-corrected chi connectivity index (χ4v) is 3.16. The highest BCUT2D eigenvalue weighted by atomic mass is 16.3. The highest BCUT2D eigenvalue weighted by Crippen LogP contribution is 2.35. The van der Waals surface area contributed by atoms with E-state index in [1.54, 1.807) is 12.4 Å². The third-order valence-electron chi connectivity index (χ3n) is 4.36. The number of nitrogen functional groups attached to an aromatic ring is 1. The first kappa shape index (κ1) is 13.2. The molecule has 20 heavy (non-hydrogen) atoms. The van der Waals surface area contributed by atoms with Gasteiger partial charge in [0, 0.05) is 34.5 Å². The molecule has 4 nitrogen and oxygen atoms in total. The van der Waals surface area contributed by atoms with Crippen molar-refractivity contribution in [2.24, 2.45) is 0 Å². The van der Waals surface area contributed by atoms with E-state index in [0.29, 0.717) is 0 Å². The summed E-state index contributed by atoms with van der Waals surface area (Å²) in [5.41, 5.74) is 7.59. The van der Waals surface area contributed by atoms with E-state index in [1.807, 2.05) is 18.2 Å². The summed E-state index contributed by atoms with van der Waals surface area (Å²) in [4.78, 5) is 4.14. The van der Waals surface area contributed by atoms with Gasteiger partial charge in [0.15, 0.2) is 0 Å². The van der Waals surface area contributed by atoms with Gasteiger partial charge in [-0.3, -0.25) is 4.98 Å². The van der Waals surface area contributed by atoms with Gasteiger partial charge < -0.3 is 16.2 Å². The number of nitrogens with zero attached hydrogens (tertiary/aromatic N) is 1. The summed E-state index contributed by atoms with van der Waals surface area (Å²) in [7, 11) is 0. The normalized spacial score (nSPS) is 18.1. The molecule has 0 spiro atoms. The molecule has 0 saturated heterocycles. The number of aliphatic hydroxyl groups excluding tert-OH is 1. The van der Waals surface area contributed by atoms with Crippen LogP contribution in [-0.2, 0) is 0 Å². The number of rotatable bonds is 3. The van der Waals surface area contributed by atoms with E-state index in [4.69, 9.17) is 5.73 Å². The highest BCUT2D eigenvalue weighted by Gasteiger charge is 2.31. The van der Waals surface area contributed by atoms with Crippen LogP contribution in [0.15, 0.2) is 30.6 Å². The quantitative estimate of drug-likeness (QED) is 0.751. The number of hydrogen-bond acceptors (Lipinski definition) is 4. The van der Waals surface area contributed by atoms with Crippen LogP contribution in [0.25, 0.3) is 10.8 Å². The molecular weight excluding hydrogens is 250 g/mol. The number of nitrogens with one attached hydrogen (secondary N) is 1. The number of anilines is 2. The van der Waals surface area contributed by atoms with Crippen molar-refractivity contribution >= 4 is 22.1 Å².